The molecule has 0 saturated carbocycles. The first-order valence-electron chi connectivity index (χ1n) is 11.6. The summed E-state index contributed by atoms with van der Waals surface area (Å²) in [4.78, 5) is 30.4. The molecule has 0 atom stereocenters. The Morgan fingerprint density at radius 2 is 1.58 bits per heavy atom. The number of likely N-dealkylation sites (N-methyl/N-ethyl adjacent to an activating group) is 1. The van der Waals surface area contributed by atoms with E-state index in [-0.39, 0.29) is 35.4 Å². The lowest BCUT2D eigenvalue weighted by Gasteiger charge is -2.23. The first-order valence-corrected chi connectivity index (χ1v) is 11.9. The van der Waals surface area contributed by atoms with Gasteiger partial charge in [-0.05, 0) is 81.0 Å². The topological polar surface area (TPSA) is 84.9 Å². The number of hydrogen-bond acceptors (Lipinski definition) is 5. The van der Waals surface area contributed by atoms with Gasteiger partial charge in [-0.25, -0.2) is 0 Å². The molecule has 1 aliphatic heterocycles. The number of benzene rings is 3. The van der Waals surface area contributed by atoms with Crippen LogP contribution in [0.2, 0.25) is 5.02 Å². The van der Waals surface area contributed by atoms with Crippen LogP contribution in [-0.4, -0.2) is 55.0 Å². The van der Waals surface area contributed by atoms with Crippen LogP contribution in [0.15, 0.2) is 60.7 Å². The van der Waals surface area contributed by atoms with E-state index in [0.29, 0.717) is 16.1 Å². The Morgan fingerprint density at radius 1 is 0.889 bits per heavy atom. The molecule has 0 radical (unpaired) electrons. The quantitative estimate of drug-likeness (QED) is 0.385. The molecule has 2 amide bonds. The molecule has 36 heavy (non-hydrogen) atoms. The second-order valence-electron chi connectivity index (χ2n) is 8.76. The van der Waals surface area contributed by atoms with E-state index < -0.39 is 5.91 Å². The third-order valence-corrected chi connectivity index (χ3v) is 6.58. The number of phenols is 1. The van der Waals surface area contributed by atoms with Gasteiger partial charge in [-0.2, -0.15) is 0 Å². The Balaban J connectivity index is 0.00000361. The number of para-hydroxylation sites is 1. The molecular weight excluding hydrogens is 499 g/mol. The van der Waals surface area contributed by atoms with Crippen LogP contribution >= 0.6 is 24.0 Å². The Kier molecular flexibility index (Phi) is 9.20. The van der Waals surface area contributed by atoms with Gasteiger partial charge in [-0.15, -0.1) is 12.4 Å². The maximum Gasteiger partial charge on any atom is 0.255 e. The molecular formula is C27H30Cl2N4O3. The third kappa shape index (κ3) is 6.49. The average Bonchev–Trinajstić information content (AvgIpc) is 3.07. The number of rotatable bonds is 5. The van der Waals surface area contributed by atoms with Gasteiger partial charge in [0.2, 0.25) is 0 Å². The smallest absolute Gasteiger partial charge is 0.255 e. The van der Waals surface area contributed by atoms with E-state index in [1.807, 2.05) is 19.1 Å². The van der Waals surface area contributed by atoms with Crippen LogP contribution in [0, 0.1) is 6.92 Å². The predicted molar refractivity (Wildman–Crippen MR) is 148 cm³/mol. The number of aromatic hydroxyl groups is 1. The summed E-state index contributed by atoms with van der Waals surface area (Å²) >= 11 is 6.15. The minimum atomic E-state index is -0.402. The zero-order chi connectivity index (χ0) is 24.9. The van der Waals surface area contributed by atoms with Gasteiger partial charge in [-0.1, -0.05) is 23.7 Å². The van der Waals surface area contributed by atoms with Crippen molar-refractivity contribution < 1.29 is 14.7 Å². The molecule has 0 aliphatic carbocycles. The van der Waals surface area contributed by atoms with Crippen molar-refractivity contribution in [3.05, 3.63) is 82.4 Å². The molecule has 9 heteroatoms. The molecule has 3 aromatic rings. The van der Waals surface area contributed by atoms with Crippen molar-refractivity contribution in [2.45, 2.75) is 13.3 Å². The van der Waals surface area contributed by atoms with Crippen LogP contribution < -0.4 is 15.5 Å². The van der Waals surface area contributed by atoms with Crippen LogP contribution in [0.1, 0.15) is 32.7 Å². The summed E-state index contributed by atoms with van der Waals surface area (Å²) in [6.07, 6.45) is 1.09. The second kappa shape index (κ2) is 12.1. The minimum absolute atomic E-state index is 0. The van der Waals surface area contributed by atoms with E-state index in [1.165, 1.54) is 6.07 Å². The highest BCUT2D eigenvalue weighted by molar-refractivity contribution is 6.31. The molecule has 1 heterocycles. The Labute approximate surface area is 222 Å². The molecule has 0 bridgehead atoms. The molecule has 0 unspecified atom stereocenters. The van der Waals surface area contributed by atoms with E-state index in [9.17, 15) is 14.7 Å². The molecule has 1 fully saturated rings. The number of nitrogens with zero attached hydrogens (tertiary/aromatic N) is 2. The van der Waals surface area contributed by atoms with Crippen molar-refractivity contribution in [2.75, 3.05) is 48.8 Å². The number of phenolic OH excluding ortho intramolecular Hbond substituents is 1. The summed E-state index contributed by atoms with van der Waals surface area (Å²) in [7, 11) is 2.13. The van der Waals surface area contributed by atoms with E-state index in [0.717, 1.165) is 43.9 Å². The Hall–Kier alpha value is -3.26. The highest BCUT2D eigenvalue weighted by atomic mass is 35.5. The van der Waals surface area contributed by atoms with Crippen molar-refractivity contribution in [3.8, 4) is 5.75 Å². The van der Waals surface area contributed by atoms with Gasteiger partial charge in [0.15, 0.2) is 0 Å². The van der Waals surface area contributed by atoms with E-state index in [1.54, 1.807) is 42.5 Å². The summed E-state index contributed by atoms with van der Waals surface area (Å²) < 4.78 is 0. The molecule has 4 rings (SSSR count). The zero-order valence-corrected chi connectivity index (χ0v) is 21.8. The van der Waals surface area contributed by atoms with Gasteiger partial charge >= 0.3 is 0 Å². The normalized spacial score (nSPS) is 13.9. The van der Waals surface area contributed by atoms with Crippen molar-refractivity contribution in [1.29, 1.82) is 0 Å². The maximum absolute atomic E-state index is 13.0. The third-order valence-electron chi connectivity index (χ3n) is 6.18. The summed E-state index contributed by atoms with van der Waals surface area (Å²) in [6, 6.07) is 17.1. The fourth-order valence-corrected chi connectivity index (χ4v) is 4.20. The fraction of sp³-hybridized carbons (Fsp3) is 0.259. The Morgan fingerprint density at radius 3 is 2.31 bits per heavy atom. The summed E-state index contributed by atoms with van der Waals surface area (Å²) in [5.41, 5.74) is 3.17. The van der Waals surface area contributed by atoms with Crippen LogP contribution in [0.5, 0.6) is 5.75 Å². The highest BCUT2D eigenvalue weighted by Crippen LogP contribution is 2.33. The van der Waals surface area contributed by atoms with Crippen molar-refractivity contribution in [2.24, 2.45) is 0 Å². The van der Waals surface area contributed by atoms with Crippen LogP contribution in [0.25, 0.3) is 0 Å². The fourth-order valence-electron chi connectivity index (χ4n) is 4.02. The molecule has 0 spiro atoms. The summed E-state index contributed by atoms with van der Waals surface area (Å²) in [6.45, 7) is 5.84. The number of hydrogen-bond donors (Lipinski definition) is 3. The lowest BCUT2D eigenvalue weighted by molar-refractivity contribution is 0.101. The van der Waals surface area contributed by atoms with E-state index in [4.69, 9.17) is 11.6 Å². The number of halogens is 2. The lowest BCUT2D eigenvalue weighted by atomic mass is 10.1. The SMILES string of the molecule is Cc1ccc(C(=O)Nc2cccc(O)c2NC(=O)c2ccc(N3CCCN(C)CC3)cc2)cc1Cl.Cl. The summed E-state index contributed by atoms with van der Waals surface area (Å²) in [5, 5.41) is 16.4. The van der Waals surface area contributed by atoms with E-state index >= 15 is 0 Å². The molecule has 1 saturated heterocycles. The molecule has 190 valence electrons. The Bertz CT molecular complexity index is 1230. The van der Waals surface area contributed by atoms with Crippen molar-refractivity contribution >= 4 is 52.9 Å². The average molecular weight is 529 g/mol. The molecule has 7 nitrogen and oxygen atoms in total. The predicted octanol–water partition coefficient (Wildman–Crippen LogP) is 5.42. The molecule has 1 aliphatic rings. The maximum atomic E-state index is 13.0. The number of aryl methyl sites for hydroxylation is 1. The van der Waals surface area contributed by atoms with Gasteiger partial charge < -0.3 is 25.5 Å². The number of nitrogens with one attached hydrogen (secondary N) is 2. The first kappa shape index (κ1) is 27.3. The molecule has 0 aromatic heterocycles. The van der Waals surface area contributed by atoms with Crippen molar-refractivity contribution in [3.63, 3.8) is 0 Å². The lowest BCUT2D eigenvalue weighted by Crippen LogP contribution is -2.28. The first-order chi connectivity index (χ1) is 16.8. The van der Waals surface area contributed by atoms with Gasteiger partial charge in [0.25, 0.3) is 11.8 Å². The standard InChI is InChI=1S/C27H29ClN4O3.ClH/c1-18-7-8-20(17-22(18)28)27(35)29-23-5-3-6-24(33)25(23)30-26(34)19-9-11-21(12-10-19)32-14-4-13-31(2)15-16-32;/h3,5-12,17,33H,4,13-16H2,1-2H3,(H,29,35)(H,30,34);1H. The zero-order valence-electron chi connectivity index (χ0n) is 20.3. The monoisotopic (exact) mass is 528 g/mol. The highest BCUT2D eigenvalue weighted by Gasteiger charge is 2.17. The van der Waals surface area contributed by atoms with Crippen molar-refractivity contribution in [1.82, 2.24) is 4.90 Å². The molecule has 3 N–H and O–H groups in total. The van der Waals surface area contributed by atoms with Crippen LogP contribution in [-0.2, 0) is 0 Å². The number of carbonyl (C=O) groups excluding carboxylic acids is 2. The van der Waals surface area contributed by atoms with E-state index in [2.05, 4.69) is 27.5 Å². The summed E-state index contributed by atoms with van der Waals surface area (Å²) in [5.74, 6) is -0.939. The molecule has 3 aromatic carbocycles. The van der Waals surface area contributed by atoms with Gasteiger partial charge in [0.1, 0.15) is 11.4 Å². The van der Waals surface area contributed by atoms with Crippen LogP contribution in [0.4, 0.5) is 17.1 Å². The number of carbonyl (C=O) groups is 2. The van der Waals surface area contributed by atoms with Gasteiger partial charge in [0, 0.05) is 41.5 Å². The second-order valence-corrected chi connectivity index (χ2v) is 9.17. The van der Waals surface area contributed by atoms with Gasteiger partial charge in [-0.3, -0.25) is 9.59 Å². The largest absolute Gasteiger partial charge is 0.506 e. The minimum Gasteiger partial charge on any atom is -0.506 e. The van der Waals surface area contributed by atoms with Crippen LogP contribution in [0.3, 0.4) is 0 Å². The number of amides is 2. The number of anilines is 3. The van der Waals surface area contributed by atoms with Gasteiger partial charge in [0.05, 0.1) is 5.69 Å².